The van der Waals surface area contributed by atoms with Crippen LogP contribution in [0, 0.1) is 5.82 Å². The Kier molecular flexibility index (Phi) is 7.41. The topological polar surface area (TPSA) is 39.7 Å². The Morgan fingerprint density at radius 3 is 2.32 bits per heavy atom. The number of hydrogen-bond acceptors (Lipinski definition) is 2. The molecule has 2 aromatic rings. The van der Waals surface area contributed by atoms with Crippen LogP contribution in [0.5, 0.6) is 0 Å². The predicted molar refractivity (Wildman–Crippen MR) is 102 cm³/mol. The van der Waals surface area contributed by atoms with Gasteiger partial charge in [-0.2, -0.15) is 0 Å². The first-order chi connectivity index (χ1) is 12.1. The van der Waals surface area contributed by atoms with Crippen molar-refractivity contribution in [2.24, 2.45) is 4.99 Å². The molecule has 2 aromatic carbocycles. The number of nitrogens with one attached hydrogen (secondary N) is 2. The summed E-state index contributed by atoms with van der Waals surface area (Å²) < 4.78 is 13.0. The number of likely N-dealkylation sites (N-methyl/N-ethyl adjacent to an activating group) is 1. The summed E-state index contributed by atoms with van der Waals surface area (Å²) in [5, 5.41) is 6.66. The van der Waals surface area contributed by atoms with Gasteiger partial charge in [0.2, 0.25) is 0 Å². The highest BCUT2D eigenvalue weighted by atomic mass is 19.1. The average Bonchev–Trinajstić information content (AvgIpc) is 2.61. The van der Waals surface area contributed by atoms with Crippen LogP contribution in [0.15, 0.2) is 59.6 Å². The van der Waals surface area contributed by atoms with Gasteiger partial charge >= 0.3 is 0 Å². The van der Waals surface area contributed by atoms with Crippen molar-refractivity contribution in [3.8, 4) is 0 Å². The number of halogens is 1. The van der Waals surface area contributed by atoms with Gasteiger partial charge in [-0.15, -0.1) is 0 Å². The molecule has 25 heavy (non-hydrogen) atoms. The lowest BCUT2D eigenvalue weighted by atomic mass is 10.1. The second-order valence-corrected chi connectivity index (χ2v) is 6.09. The molecule has 0 fully saturated rings. The monoisotopic (exact) mass is 342 g/mol. The number of nitrogens with zero attached hydrogens (tertiary/aromatic N) is 2. The maximum atomic E-state index is 13.0. The van der Waals surface area contributed by atoms with E-state index in [4.69, 9.17) is 0 Å². The van der Waals surface area contributed by atoms with Crippen LogP contribution in [0.3, 0.4) is 0 Å². The van der Waals surface area contributed by atoms with Gasteiger partial charge in [0.05, 0.1) is 12.6 Å². The Morgan fingerprint density at radius 1 is 1.04 bits per heavy atom. The second kappa shape index (κ2) is 9.79. The lowest BCUT2D eigenvalue weighted by Gasteiger charge is -2.26. The first-order valence-electron chi connectivity index (χ1n) is 8.58. The molecule has 0 aliphatic heterocycles. The first-order valence-corrected chi connectivity index (χ1v) is 8.58. The van der Waals surface area contributed by atoms with Crippen molar-refractivity contribution in [2.45, 2.75) is 19.5 Å². The Hall–Kier alpha value is -2.40. The normalized spacial score (nSPS) is 12.9. The van der Waals surface area contributed by atoms with E-state index in [2.05, 4.69) is 58.9 Å². The minimum absolute atomic E-state index is 0.227. The van der Waals surface area contributed by atoms with Crippen molar-refractivity contribution in [3.05, 3.63) is 71.5 Å². The van der Waals surface area contributed by atoms with Crippen LogP contribution in [-0.2, 0) is 6.54 Å². The molecule has 0 radical (unpaired) electrons. The van der Waals surface area contributed by atoms with Gasteiger partial charge in [0.15, 0.2) is 5.96 Å². The SMILES string of the molecule is CCNC(=NCc1ccc(F)cc1)NCC(c1ccccc1)N(C)C. The molecule has 1 atom stereocenters. The summed E-state index contributed by atoms with van der Waals surface area (Å²) in [7, 11) is 4.14. The van der Waals surface area contributed by atoms with E-state index in [1.807, 2.05) is 13.0 Å². The van der Waals surface area contributed by atoms with Crippen molar-refractivity contribution in [1.82, 2.24) is 15.5 Å². The van der Waals surface area contributed by atoms with E-state index >= 15 is 0 Å². The van der Waals surface area contributed by atoms with Crippen molar-refractivity contribution in [3.63, 3.8) is 0 Å². The predicted octanol–water partition coefficient (Wildman–Crippen LogP) is 3.18. The molecule has 0 saturated heterocycles. The maximum Gasteiger partial charge on any atom is 0.191 e. The van der Waals surface area contributed by atoms with Crippen LogP contribution < -0.4 is 10.6 Å². The molecule has 1 unspecified atom stereocenters. The summed E-state index contributed by atoms with van der Waals surface area (Å²) in [5.74, 6) is 0.532. The van der Waals surface area contributed by atoms with Gasteiger partial charge in [-0.05, 0) is 44.3 Å². The fourth-order valence-corrected chi connectivity index (χ4v) is 2.57. The highest BCUT2D eigenvalue weighted by molar-refractivity contribution is 5.79. The lowest BCUT2D eigenvalue weighted by Crippen LogP contribution is -2.41. The highest BCUT2D eigenvalue weighted by Gasteiger charge is 2.14. The summed E-state index contributed by atoms with van der Waals surface area (Å²) in [6, 6.07) is 17.1. The van der Waals surface area contributed by atoms with Gasteiger partial charge in [0, 0.05) is 13.1 Å². The van der Waals surface area contributed by atoms with Gasteiger partial charge in [0.1, 0.15) is 5.82 Å². The molecule has 4 nitrogen and oxygen atoms in total. The number of aliphatic imine (C=N–C) groups is 1. The number of benzene rings is 2. The van der Waals surface area contributed by atoms with Gasteiger partial charge in [0.25, 0.3) is 0 Å². The Morgan fingerprint density at radius 2 is 1.72 bits per heavy atom. The average molecular weight is 342 g/mol. The summed E-state index contributed by atoms with van der Waals surface area (Å²) in [6.07, 6.45) is 0. The van der Waals surface area contributed by atoms with Crippen LogP contribution >= 0.6 is 0 Å². The number of rotatable bonds is 7. The van der Waals surface area contributed by atoms with Crippen molar-refractivity contribution in [1.29, 1.82) is 0 Å². The Bertz CT molecular complexity index is 653. The third-order valence-corrected chi connectivity index (χ3v) is 3.95. The summed E-state index contributed by atoms with van der Waals surface area (Å²) in [6.45, 7) is 4.07. The molecule has 134 valence electrons. The van der Waals surface area contributed by atoms with Crippen molar-refractivity contribution in [2.75, 3.05) is 27.2 Å². The molecule has 0 saturated carbocycles. The van der Waals surface area contributed by atoms with Crippen LogP contribution in [0.25, 0.3) is 0 Å². The minimum atomic E-state index is -0.227. The Balaban J connectivity index is 2.01. The zero-order valence-electron chi connectivity index (χ0n) is 15.2. The quantitative estimate of drug-likeness (QED) is 0.600. The van der Waals surface area contributed by atoms with E-state index in [1.54, 1.807) is 12.1 Å². The first kappa shape index (κ1) is 18.9. The second-order valence-electron chi connectivity index (χ2n) is 6.09. The Labute approximate surface area is 149 Å². The van der Waals surface area contributed by atoms with Crippen molar-refractivity contribution < 1.29 is 4.39 Å². The molecule has 2 rings (SSSR count). The van der Waals surface area contributed by atoms with E-state index in [0.29, 0.717) is 6.54 Å². The summed E-state index contributed by atoms with van der Waals surface area (Å²) in [4.78, 5) is 6.78. The van der Waals surface area contributed by atoms with Crippen LogP contribution in [0.4, 0.5) is 4.39 Å². The van der Waals surface area contributed by atoms with Crippen LogP contribution in [-0.4, -0.2) is 38.0 Å². The third kappa shape index (κ3) is 6.19. The molecular weight excluding hydrogens is 315 g/mol. The van der Waals surface area contributed by atoms with Crippen LogP contribution in [0.1, 0.15) is 24.1 Å². The molecule has 0 aliphatic rings. The smallest absolute Gasteiger partial charge is 0.191 e. The summed E-state index contributed by atoms with van der Waals surface area (Å²) >= 11 is 0. The molecule has 0 amide bonds. The van der Waals surface area contributed by atoms with Gasteiger partial charge in [-0.1, -0.05) is 42.5 Å². The van der Waals surface area contributed by atoms with E-state index in [0.717, 1.165) is 24.6 Å². The van der Waals surface area contributed by atoms with E-state index in [-0.39, 0.29) is 11.9 Å². The largest absolute Gasteiger partial charge is 0.357 e. The van der Waals surface area contributed by atoms with Gasteiger partial charge in [-0.25, -0.2) is 9.38 Å². The molecule has 0 bridgehead atoms. The molecule has 5 heteroatoms. The number of guanidine groups is 1. The molecule has 0 aromatic heterocycles. The molecular formula is C20H27FN4. The summed E-state index contributed by atoms with van der Waals surface area (Å²) in [5.41, 5.74) is 2.24. The highest BCUT2D eigenvalue weighted by Crippen LogP contribution is 2.16. The maximum absolute atomic E-state index is 13.0. The zero-order chi connectivity index (χ0) is 18.1. The van der Waals surface area contributed by atoms with E-state index in [9.17, 15) is 4.39 Å². The van der Waals surface area contributed by atoms with Crippen LogP contribution in [0.2, 0.25) is 0 Å². The zero-order valence-corrected chi connectivity index (χ0v) is 15.2. The number of hydrogen-bond donors (Lipinski definition) is 2. The minimum Gasteiger partial charge on any atom is -0.357 e. The van der Waals surface area contributed by atoms with Crippen molar-refractivity contribution >= 4 is 5.96 Å². The fourth-order valence-electron chi connectivity index (χ4n) is 2.57. The fraction of sp³-hybridized carbons (Fsp3) is 0.350. The molecule has 0 spiro atoms. The van der Waals surface area contributed by atoms with Gasteiger partial charge < -0.3 is 15.5 Å². The van der Waals surface area contributed by atoms with E-state index < -0.39 is 0 Å². The molecule has 0 aliphatic carbocycles. The lowest BCUT2D eigenvalue weighted by molar-refractivity contribution is 0.298. The van der Waals surface area contributed by atoms with Gasteiger partial charge in [-0.3, -0.25) is 0 Å². The molecule has 2 N–H and O–H groups in total. The standard InChI is InChI=1S/C20H27FN4/c1-4-22-20(23-14-16-10-12-18(21)13-11-16)24-15-19(25(2)3)17-8-6-5-7-9-17/h5-13,19H,4,14-15H2,1-3H3,(H2,22,23,24). The van der Waals surface area contributed by atoms with E-state index in [1.165, 1.54) is 17.7 Å². The molecule has 0 heterocycles. The third-order valence-electron chi connectivity index (χ3n) is 3.95.